The molecule has 1 aliphatic heterocycles. The summed E-state index contributed by atoms with van der Waals surface area (Å²) in [7, 11) is 0. The van der Waals surface area contributed by atoms with Crippen molar-refractivity contribution in [2.24, 2.45) is 0 Å². The molecule has 2 aliphatic rings. The van der Waals surface area contributed by atoms with Crippen LogP contribution in [0.2, 0.25) is 0 Å². The summed E-state index contributed by atoms with van der Waals surface area (Å²) in [5, 5.41) is 2.81. The lowest BCUT2D eigenvalue weighted by Crippen LogP contribution is -2.27. The van der Waals surface area contributed by atoms with Gasteiger partial charge in [0.2, 0.25) is 0 Å². The Labute approximate surface area is 273 Å². The average Bonchev–Trinajstić information content (AvgIpc) is 3.41. The number of carbonyl (C=O) groups excluding carboxylic acids is 1. The maximum absolute atomic E-state index is 12.2. The minimum Gasteiger partial charge on any atom is -0.449 e. The van der Waals surface area contributed by atoms with Crippen LogP contribution in [0.4, 0.5) is 4.79 Å². The van der Waals surface area contributed by atoms with Crippen LogP contribution in [0.5, 0.6) is 0 Å². The van der Waals surface area contributed by atoms with Gasteiger partial charge in [-0.15, -0.1) is 0 Å². The third-order valence-corrected chi connectivity index (χ3v) is 7.61. The summed E-state index contributed by atoms with van der Waals surface area (Å²) < 4.78 is 49.8. The first kappa shape index (κ1) is 36.2. The minimum absolute atomic E-state index is 0.0560. The summed E-state index contributed by atoms with van der Waals surface area (Å²) in [6, 6.07) is 16.6. The lowest BCUT2D eigenvalue weighted by Gasteiger charge is -2.22. The standard InChI is InChI=1S/C35H51NO10/c37-35(46-28-33-31-10-3-1-8-29(31)30-9-2-4-11-32(30)33)36-13-7-14-38-16-17-39-18-19-40-20-21-41-22-23-42-24-25-43-26-27-45-34-12-5-6-15-44-34/h1-4,8-11,33-34H,5-7,12-28H2,(H,36,37). The fourth-order valence-corrected chi connectivity index (χ4v) is 5.30. The molecule has 1 heterocycles. The molecule has 256 valence electrons. The van der Waals surface area contributed by atoms with E-state index in [0.29, 0.717) is 105 Å². The monoisotopic (exact) mass is 645 g/mol. The van der Waals surface area contributed by atoms with Gasteiger partial charge in [0.15, 0.2) is 6.29 Å². The third kappa shape index (κ3) is 13.6. The van der Waals surface area contributed by atoms with Crippen molar-refractivity contribution in [2.45, 2.75) is 37.9 Å². The molecule has 1 fully saturated rings. The van der Waals surface area contributed by atoms with Crippen molar-refractivity contribution < 1.29 is 47.4 Å². The average molecular weight is 646 g/mol. The second kappa shape index (κ2) is 22.8. The van der Waals surface area contributed by atoms with Crippen molar-refractivity contribution in [3.63, 3.8) is 0 Å². The zero-order chi connectivity index (χ0) is 31.9. The Balaban J connectivity index is 0.843. The Morgan fingerprint density at radius 2 is 1.15 bits per heavy atom. The van der Waals surface area contributed by atoms with E-state index in [2.05, 4.69) is 29.6 Å². The molecule has 11 heteroatoms. The van der Waals surface area contributed by atoms with E-state index in [0.717, 1.165) is 25.9 Å². The van der Waals surface area contributed by atoms with Crippen LogP contribution in [-0.2, 0) is 42.6 Å². The highest BCUT2D eigenvalue weighted by atomic mass is 16.7. The first-order valence-electron chi connectivity index (χ1n) is 16.6. The predicted octanol–water partition coefficient (Wildman–Crippen LogP) is 4.56. The van der Waals surface area contributed by atoms with Crippen molar-refractivity contribution in [1.82, 2.24) is 5.32 Å². The summed E-state index contributed by atoms with van der Waals surface area (Å²) >= 11 is 0. The van der Waals surface area contributed by atoms with Crippen molar-refractivity contribution in [1.29, 1.82) is 0 Å². The van der Waals surface area contributed by atoms with Gasteiger partial charge in [-0.25, -0.2) is 4.79 Å². The second-order valence-electron chi connectivity index (χ2n) is 10.9. The van der Waals surface area contributed by atoms with Crippen LogP contribution in [0, 0.1) is 0 Å². The SMILES string of the molecule is O=C(NCCCOCCOCCOCCOCCOCCOCCOC1CCCCO1)OCC1c2ccccc2-c2ccccc21. The highest BCUT2D eigenvalue weighted by Gasteiger charge is 2.28. The van der Waals surface area contributed by atoms with Gasteiger partial charge in [0.05, 0.1) is 79.3 Å². The molecular weight excluding hydrogens is 594 g/mol. The summed E-state index contributed by atoms with van der Waals surface area (Å²) in [6.07, 6.45) is 3.46. The Hall–Kier alpha value is -2.61. The van der Waals surface area contributed by atoms with E-state index in [1.807, 2.05) is 24.3 Å². The molecule has 4 rings (SSSR count). The molecule has 0 spiro atoms. The molecule has 0 saturated carbocycles. The molecular formula is C35H51NO10. The van der Waals surface area contributed by atoms with Crippen LogP contribution < -0.4 is 5.32 Å². The fraction of sp³-hybridized carbons (Fsp3) is 0.629. The van der Waals surface area contributed by atoms with Crippen LogP contribution >= 0.6 is 0 Å². The van der Waals surface area contributed by atoms with Crippen LogP contribution in [0.15, 0.2) is 48.5 Å². The van der Waals surface area contributed by atoms with E-state index in [1.54, 1.807) is 0 Å². The molecule has 1 N–H and O–H groups in total. The molecule has 46 heavy (non-hydrogen) atoms. The quantitative estimate of drug-likeness (QED) is 0.154. The van der Waals surface area contributed by atoms with E-state index in [-0.39, 0.29) is 12.2 Å². The van der Waals surface area contributed by atoms with Gasteiger partial charge in [-0.2, -0.15) is 0 Å². The smallest absolute Gasteiger partial charge is 0.407 e. The van der Waals surface area contributed by atoms with Gasteiger partial charge < -0.3 is 47.9 Å². The van der Waals surface area contributed by atoms with Crippen molar-refractivity contribution >= 4 is 6.09 Å². The normalized spacial score (nSPS) is 15.9. The summed E-state index contributed by atoms with van der Waals surface area (Å²) in [6.45, 7) is 8.27. The molecule has 11 nitrogen and oxygen atoms in total. The maximum atomic E-state index is 12.2. The van der Waals surface area contributed by atoms with Crippen molar-refractivity contribution in [3.05, 3.63) is 59.7 Å². The van der Waals surface area contributed by atoms with E-state index >= 15 is 0 Å². The largest absolute Gasteiger partial charge is 0.449 e. The van der Waals surface area contributed by atoms with Crippen LogP contribution in [-0.4, -0.2) is 118 Å². The van der Waals surface area contributed by atoms with Crippen LogP contribution in [0.25, 0.3) is 11.1 Å². The van der Waals surface area contributed by atoms with Gasteiger partial charge in [0.25, 0.3) is 0 Å². The van der Waals surface area contributed by atoms with Gasteiger partial charge >= 0.3 is 6.09 Å². The van der Waals surface area contributed by atoms with E-state index in [4.69, 9.17) is 42.6 Å². The molecule has 2 aromatic rings. The number of rotatable bonds is 25. The molecule has 1 aliphatic carbocycles. The van der Waals surface area contributed by atoms with Gasteiger partial charge in [-0.1, -0.05) is 48.5 Å². The highest BCUT2D eigenvalue weighted by Crippen LogP contribution is 2.44. The number of hydrogen-bond donors (Lipinski definition) is 1. The molecule has 0 radical (unpaired) electrons. The van der Waals surface area contributed by atoms with Crippen LogP contribution in [0.1, 0.15) is 42.7 Å². The van der Waals surface area contributed by atoms with Gasteiger partial charge in [-0.3, -0.25) is 0 Å². The van der Waals surface area contributed by atoms with Gasteiger partial charge in [0.1, 0.15) is 6.61 Å². The zero-order valence-corrected chi connectivity index (χ0v) is 27.0. The van der Waals surface area contributed by atoms with E-state index in [1.165, 1.54) is 22.3 Å². The maximum Gasteiger partial charge on any atom is 0.407 e. The molecule has 1 amide bonds. The number of carbonyl (C=O) groups is 1. The Kier molecular flexibility index (Phi) is 18.0. The van der Waals surface area contributed by atoms with Gasteiger partial charge in [-0.05, 0) is 47.9 Å². The highest BCUT2D eigenvalue weighted by molar-refractivity contribution is 5.79. The number of nitrogens with one attached hydrogen (secondary N) is 1. The Morgan fingerprint density at radius 1 is 0.652 bits per heavy atom. The molecule has 0 aromatic heterocycles. The van der Waals surface area contributed by atoms with Crippen LogP contribution in [0.3, 0.4) is 0 Å². The topological polar surface area (TPSA) is 112 Å². The lowest BCUT2D eigenvalue weighted by molar-refractivity contribution is -0.169. The number of hydrogen-bond acceptors (Lipinski definition) is 10. The molecule has 1 saturated heterocycles. The first-order chi connectivity index (χ1) is 22.8. The molecule has 1 unspecified atom stereocenters. The molecule has 1 atom stereocenters. The fourth-order valence-electron chi connectivity index (χ4n) is 5.30. The van der Waals surface area contributed by atoms with Gasteiger partial charge in [0, 0.05) is 25.7 Å². The Bertz CT molecular complexity index is 1050. The molecule has 0 bridgehead atoms. The second-order valence-corrected chi connectivity index (χ2v) is 10.9. The predicted molar refractivity (Wildman–Crippen MR) is 172 cm³/mol. The number of amides is 1. The van der Waals surface area contributed by atoms with Crippen molar-refractivity contribution in [3.8, 4) is 11.1 Å². The number of alkyl carbamates (subject to hydrolysis) is 1. The number of ether oxygens (including phenoxy) is 9. The zero-order valence-electron chi connectivity index (χ0n) is 27.0. The lowest BCUT2D eigenvalue weighted by atomic mass is 9.98. The van der Waals surface area contributed by atoms with Crippen molar-refractivity contribution in [2.75, 3.05) is 106 Å². The minimum atomic E-state index is -0.410. The third-order valence-electron chi connectivity index (χ3n) is 7.61. The summed E-state index contributed by atoms with van der Waals surface area (Å²) in [4.78, 5) is 12.2. The number of fused-ring (bicyclic) bond motifs is 3. The van der Waals surface area contributed by atoms with E-state index < -0.39 is 6.09 Å². The summed E-state index contributed by atoms with van der Waals surface area (Å²) in [5.74, 6) is 0.0560. The van der Waals surface area contributed by atoms with E-state index in [9.17, 15) is 4.79 Å². The summed E-state index contributed by atoms with van der Waals surface area (Å²) in [5.41, 5.74) is 4.82. The Morgan fingerprint density at radius 3 is 1.67 bits per heavy atom. The first-order valence-corrected chi connectivity index (χ1v) is 16.6. The number of benzene rings is 2. The molecule has 2 aromatic carbocycles.